The molecule has 3 heterocycles. The number of amides is 2. The number of aliphatic carboxylic acids is 1. The minimum atomic E-state index is -1.00. The predicted octanol–water partition coefficient (Wildman–Crippen LogP) is 1.43. The summed E-state index contributed by atoms with van der Waals surface area (Å²) in [5.41, 5.74) is 2.49. The molecule has 0 aliphatic carbocycles. The molecule has 0 radical (unpaired) electrons. The topological polar surface area (TPSA) is 102 Å². The maximum Gasteiger partial charge on any atom is 0.326 e. The Bertz CT molecular complexity index is 702. The maximum atomic E-state index is 12.8. The van der Waals surface area contributed by atoms with Gasteiger partial charge in [-0.05, 0) is 11.3 Å². The third-order valence-corrected chi connectivity index (χ3v) is 5.83. The summed E-state index contributed by atoms with van der Waals surface area (Å²) in [6, 6.07) is -1.19. The van der Waals surface area contributed by atoms with Crippen molar-refractivity contribution < 1.29 is 14.7 Å². The van der Waals surface area contributed by atoms with Crippen LogP contribution in [0.25, 0.3) is 0 Å². The van der Waals surface area contributed by atoms with E-state index < -0.39 is 12.0 Å². The largest absolute Gasteiger partial charge is 0.480 e. The van der Waals surface area contributed by atoms with E-state index in [4.69, 9.17) is 0 Å². The number of nitrogens with zero attached hydrogens (tertiary/aromatic N) is 3. The molecule has 0 fully saturated rings. The van der Waals surface area contributed by atoms with Gasteiger partial charge in [-0.25, -0.2) is 14.6 Å². The Hall–Kier alpha value is -2.16. The summed E-state index contributed by atoms with van der Waals surface area (Å²) in [5, 5.41) is 15.3. The molecule has 0 saturated carbocycles. The predicted molar refractivity (Wildman–Crippen MR) is 94.7 cm³/mol. The van der Waals surface area contributed by atoms with E-state index in [-0.39, 0.29) is 19.0 Å². The van der Waals surface area contributed by atoms with Gasteiger partial charge in [0.1, 0.15) is 6.04 Å². The zero-order valence-electron chi connectivity index (χ0n) is 14.5. The SMILES string of the molecule is CC(C)C1NC(CN(C)C(=O)N2Cc3nc[nH]c3C[C@H]2C(=O)O)=CS1. The van der Waals surface area contributed by atoms with E-state index >= 15 is 0 Å². The number of H-pyrrole nitrogens is 1. The Morgan fingerprint density at radius 1 is 1.52 bits per heavy atom. The second-order valence-electron chi connectivity index (χ2n) is 6.74. The van der Waals surface area contributed by atoms with Gasteiger partial charge in [-0.15, -0.1) is 11.8 Å². The smallest absolute Gasteiger partial charge is 0.326 e. The molecule has 3 rings (SSSR count). The van der Waals surface area contributed by atoms with Gasteiger partial charge in [0.15, 0.2) is 0 Å². The Morgan fingerprint density at radius 3 is 2.92 bits per heavy atom. The molecule has 2 aliphatic rings. The average molecular weight is 365 g/mol. The van der Waals surface area contributed by atoms with E-state index in [0.29, 0.717) is 17.8 Å². The number of hydrogen-bond acceptors (Lipinski definition) is 5. The number of carbonyl (C=O) groups excluding carboxylic acids is 1. The lowest BCUT2D eigenvalue weighted by atomic mass is 10.0. The second-order valence-corrected chi connectivity index (χ2v) is 7.76. The number of fused-ring (bicyclic) bond motifs is 1. The average Bonchev–Trinajstić information content (AvgIpc) is 3.21. The maximum absolute atomic E-state index is 12.8. The van der Waals surface area contributed by atoms with Crippen molar-refractivity contribution in [3.05, 3.63) is 28.8 Å². The van der Waals surface area contributed by atoms with Crippen LogP contribution in [0.15, 0.2) is 17.4 Å². The fourth-order valence-corrected chi connectivity index (χ4v) is 4.00. The van der Waals surface area contributed by atoms with Crippen molar-refractivity contribution in [2.24, 2.45) is 5.92 Å². The summed E-state index contributed by atoms with van der Waals surface area (Å²) in [5.74, 6) is -0.521. The van der Waals surface area contributed by atoms with Crippen molar-refractivity contribution in [3.63, 3.8) is 0 Å². The number of imidazole rings is 1. The lowest BCUT2D eigenvalue weighted by Crippen LogP contribution is -2.53. The first-order valence-corrected chi connectivity index (χ1v) is 9.17. The van der Waals surface area contributed by atoms with Crippen molar-refractivity contribution in [1.82, 2.24) is 25.1 Å². The summed E-state index contributed by atoms with van der Waals surface area (Å²) >= 11 is 1.71. The molecule has 0 aromatic carbocycles. The molecule has 0 bridgehead atoms. The van der Waals surface area contributed by atoms with Crippen LogP contribution >= 0.6 is 11.8 Å². The number of carbonyl (C=O) groups is 2. The first-order chi connectivity index (χ1) is 11.9. The second kappa shape index (κ2) is 6.99. The van der Waals surface area contributed by atoms with Gasteiger partial charge >= 0.3 is 12.0 Å². The van der Waals surface area contributed by atoms with Gasteiger partial charge in [-0.1, -0.05) is 13.8 Å². The van der Waals surface area contributed by atoms with Gasteiger partial charge in [0.25, 0.3) is 0 Å². The highest BCUT2D eigenvalue weighted by Gasteiger charge is 2.37. The lowest BCUT2D eigenvalue weighted by molar-refractivity contribution is -0.142. The van der Waals surface area contributed by atoms with Crippen molar-refractivity contribution in [2.75, 3.05) is 13.6 Å². The number of likely N-dealkylation sites (N-methyl/N-ethyl adjacent to an activating group) is 1. The number of rotatable bonds is 4. The van der Waals surface area contributed by atoms with E-state index in [1.165, 1.54) is 11.2 Å². The molecule has 136 valence electrons. The monoisotopic (exact) mass is 365 g/mol. The number of carboxylic acid groups (broad SMARTS) is 1. The third kappa shape index (κ3) is 3.60. The summed E-state index contributed by atoms with van der Waals surface area (Å²) in [4.78, 5) is 34.5. The molecule has 3 N–H and O–H groups in total. The minimum absolute atomic E-state index is 0.203. The zero-order valence-corrected chi connectivity index (χ0v) is 15.3. The first-order valence-electron chi connectivity index (χ1n) is 8.23. The molecule has 0 saturated heterocycles. The first kappa shape index (κ1) is 17.7. The molecule has 2 atom stereocenters. The van der Waals surface area contributed by atoms with E-state index in [0.717, 1.165) is 17.1 Å². The highest BCUT2D eigenvalue weighted by Crippen LogP contribution is 2.27. The molecule has 1 aromatic heterocycles. The Kier molecular flexibility index (Phi) is 4.94. The summed E-state index contributed by atoms with van der Waals surface area (Å²) in [6.07, 6.45) is 1.79. The van der Waals surface area contributed by atoms with Gasteiger partial charge in [-0.3, -0.25) is 0 Å². The Morgan fingerprint density at radius 2 is 2.28 bits per heavy atom. The molecule has 1 aromatic rings. The van der Waals surface area contributed by atoms with Gasteiger partial charge in [0.05, 0.1) is 30.5 Å². The third-order valence-electron chi connectivity index (χ3n) is 4.46. The molecule has 8 nitrogen and oxygen atoms in total. The minimum Gasteiger partial charge on any atom is -0.480 e. The number of thioether (sulfide) groups is 1. The van der Waals surface area contributed by atoms with Crippen LogP contribution in [0.5, 0.6) is 0 Å². The number of urea groups is 1. The van der Waals surface area contributed by atoms with Crippen LogP contribution in [0.2, 0.25) is 0 Å². The summed E-state index contributed by atoms with van der Waals surface area (Å²) < 4.78 is 0. The van der Waals surface area contributed by atoms with Crippen molar-refractivity contribution in [1.29, 1.82) is 0 Å². The van der Waals surface area contributed by atoms with Gasteiger partial charge in [0, 0.05) is 24.9 Å². The van der Waals surface area contributed by atoms with Crippen LogP contribution in [0.1, 0.15) is 25.2 Å². The van der Waals surface area contributed by atoms with E-state index in [9.17, 15) is 14.7 Å². The molecule has 0 spiro atoms. The Balaban J connectivity index is 1.68. The zero-order chi connectivity index (χ0) is 18.1. The highest BCUT2D eigenvalue weighted by atomic mass is 32.2. The quantitative estimate of drug-likeness (QED) is 0.746. The summed E-state index contributed by atoms with van der Waals surface area (Å²) in [6.45, 7) is 4.91. The van der Waals surface area contributed by atoms with Gasteiger partial charge in [-0.2, -0.15) is 0 Å². The lowest BCUT2D eigenvalue weighted by Gasteiger charge is -2.35. The fourth-order valence-electron chi connectivity index (χ4n) is 3.01. The van der Waals surface area contributed by atoms with Crippen LogP contribution in [-0.2, 0) is 17.8 Å². The normalized spacial score (nSPS) is 22.4. The number of aromatic nitrogens is 2. The number of aromatic amines is 1. The molecule has 9 heteroatoms. The molecule has 25 heavy (non-hydrogen) atoms. The van der Waals surface area contributed by atoms with Crippen molar-refractivity contribution in [2.45, 2.75) is 38.2 Å². The highest BCUT2D eigenvalue weighted by molar-refractivity contribution is 8.02. The fraction of sp³-hybridized carbons (Fsp3) is 0.562. The van der Waals surface area contributed by atoms with E-state index in [1.54, 1.807) is 23.7 Å². The van der Waals surface area contributed by atoms with Crippen LogP contribution < -0.4 is 5.32 Å². The van der Waals surface area contributed by atoms with Gasteiger partial charge < -0.3 is 25.2 Å². The van der Waals surface area contributed by atoms with Crippen LogP contribution in [0.4, 0.5) is 4.79 Å². The van der Waals surface area contributed by atoms with Crippen LogP contribution in [0, 0.1) is 5.92 Å². The molecule has 1 unspecified atom stereocenters. The van der Waals surface area contributed by atoms with E-state index in [2.05, 4.69) is 29.1 Å². The van der Waals surface area contributed by atoms with E-state index in [1.807, 2.05) is 5.41 Å². The van der Waals surface area contributed by atoms with Crippen LogP contribution in [-0.4, -0.2) is 61.9 Å². The van der Waals surface area contributed by atoms with Crippen molar-refractivity contribution >= 4 is 23.8 Å². The molecule has 2 aliphatic heterocycles. The standard InChI is InChI=1S/C16H23N5O3S/c1-9(2)14-19-10(7-25-14)5-20(3)16(24)21-6-12-11(17-8-18-12)4-13(21)15(22)23/h7-9,13-14,19H,4-6H2,1-3H3,(H,17,18)(H,22,23)/t13-,14?/m0/s1. The molecule has 2 amide bonds. The number of hydrogen-bond donors (Lipinski definition) is 3. The van der Waals surface area contributed by atoms with Crippen LogP contribution in [0.3, 0.4) is 0 Å². The van der Waals surface area contributed by atoms with Crippen molar-refractivity contribution in [3.8, 4) is 0 Å². The molecular weight excluding hydrogens is 342 g/mol. The molecular formula is C16H23N5O3S. The summed E-state index contributed by atoms with van der Waals surface area (Å²) in [7, 11) is 1.69. The number of nitrogens with one attached hydrogen (secondary N) is 2. The number of carboxylic acids is 1. The van der Waals surface area contributed by atoms with Gasteiger partial charge in [0.2, 0.25) is 0 Å². The Labute approximate surface area is 150 Å².